The van der Waals surface area contributed by atoms with Gasteiger partial charge in [-0.25, -0.2) is 0 Å². The summed E-state index contributed by atoms with van der Waals surface area (Å²) in [5.41, 5.74) is 7.04. The van der Waals surface area contributed by atoms with E-state index in [1.807, 2.05) is 37.3 Å². The molecule has 90 valence electrons. The standard InChI is InChI=1S/C13H16N2OS/c1-10(14)13(12-6-2-3-7-15-12)17-9-11-5-4-8-16-11/h2-8,10,13H,9,14H2,1H3. The SMILES string of the molecule is CC(N)C(SCc1ccco1)c1ccccn1. The number of rotatable bonds is 5. The summed E-state index contributed by atoms with van der Waals surface area (Å²) in [5, 5.41) is 0.196. The predicted molar refractivity (Wildman–Crippen MR) is 70.6 cm³/mol. The summed E-state index contributed by atoms with van der Waals surface area (Å²) in [7, 11) is 0. The molecule has 0 amide bonds. The van der Waals surface area contributed by atoms with Crippen molar-refractivity contribution >= 4 is 11.8 Å². The van der Waals surface area contributed by atoms with Crippen LogP contribution in [0.4, 0.5) is 0 Å². The summed E-state index contributed by atoms with van der Waals surface area (Å²) < 4.78 is 5.32. The van der Waals surface area contributed by atoms with E-state index in [0.717, 1.165) is 17.2 Å². The lowest BCUT2D eigenvalue weighted by Crippen LogP contribution is -2.23. The molecule has 2 N–H and O–H groups in total. The zero-order chi connectivity index (χ0) is 12.1. The average molecular weight is 248 g/mol. The van der Waals surface area contributed by atoms with Crippen LogP contribution in [-0.4, -0.2) is 11.0 Å². The second kappa shape index (κ2) is 5.89. The Morgan fingerprint density at radius 2 is 2.24 bits per heavy atom. The lowest BCUT2D eigenvalue weighted by molar-refractivity contribution is 0.529. The lowest BCUT2D eigenvalue weighted by atomic mass is 10.2. The molecule has 4 heteroatoms. The number of hydrogen-bond acceptors (Lipinski definition) is 4. The van der Waals surface area contributed by atoms with E-state index < -0.39 is 0 Å². The van der Waals surface area contributed by atoms with Crippen LogP contribution in [0.15, 0.2) is 47.2 Å². The van der Waals surface area contributed by atoms with Crippen molar-refractivity contribution in [3.05, 3.63) is 54.2 Å². The second-order valence-electron chi connectivity index (χ2n) is 3.92. The maximum Gasteiger partial charge on any atom is 0.113 e. The number of hydrogen-bond donors (Lipinski definition) is 1. The third-order valence-corrected chi connectivity index (χ3v) is 3.92. The van der Waals surface area contributed by atoms with E-state index in [9.17, 15) is 0 Å². The first-order valence-electron chi connectivity index (χ1n) is 5.58. The normalized spacial score (nSPS) is 14.5. The smallest absolute Gasteiger partial charge is 0.113 e. The molecule has 0 fully saturated rings. The summed E-state index contributed by atoms with van der Waals surface area (Å²) in [6.45, 7) is 2.01. The van der Waals surface area contributed by atoms with Gasteiger partial charge in [0.2, 0.25) is 0 Å². The van der Waals surface area contributed by atoms with E-state index in [2.05, 4.69) is 4.98 Å². The van der Waals surface area contributed by atoms with E-state index in [-0.39, 0.29) is 11.3 Å². The van der Waals surface area contributed by atoms with Gasteiger partial charge in [0, 0.05) is 12.2 Å². The largest absolute Gasteiger partial charge is 0.468 e. The van der Waals surface area contributed by atoms with E-state index in [4.69, 9.17) is 10.2 Å². The Morgan fingerprint density at radius 1 is 1.35 bits per heavy atom. The van der Waals surface area contributed by atoms with Gasteiger partial charge < -0.3 is 10.2 Å². The molecule has 0 aliphatic rings. The lowest BCUT2D eigenvalue weighted by Gasteiger charge is -2.19. The molecule has 2 heterocycles. The van der Waals surface area contributed by atoms with Gasteiger partial charge in [0.15, 0.2) is 0 Å². The molecule has 2 atom stereocenters. The highest BCUT2D eigenvalue weighted by Crippen LogP contribution is 2.32. The van der Waals surface area contributed by atoms with E-state index in [1.165, 1.54) is 0 Å². The third-order valence-electron chi connectivity index (χ3n) is 2.44. The molecule has 2 unspecified atom stereocenters. The summed E-state index contributed by atoms with van der Waals surface area (Å²) in [6, 6.07) is 9.86. The topological polar surface area (TPSA) is 52.0 Å². The number of pyridine rings is 1. The van der Waals surface area contributed by atoms with Crippen molar-refractivity contribution in [3.8, 4) is 0 Å². The Kier molecular flexibility index (Phi) is 4.23. The van der Waals surface area contributed by atoms with Crippen molar-refractivity contribution in [1.29, 1.82) is 0 Å². The van der Waals surface area contributed by atoms with Crippen LogP contribution in [0.1, 0.15) is 23.6 Å². The van der Waals surface area contributed by atoms with Gasteiger partial charge in [-0.05, 0) is 31.2 Å². The molecule has 2 rings (SSSR count). The molecule has 0 aliphatic heterocycles. The van der Waals surface area contributed by atoms with E-state index in [1.54, 1.807) is 24.2 Å². The Labute approximate surface area is 105 Å². The van der Waals surface area contributed by atoms with E-state index >= 15 is 0 Å². The first-order valence-corrected chi connectivity index (χ1v) is 6.63. The first kappa shape index (κ1) is 12.2. The van der Waals surface area contributed by atoms with Crippen LogP contribution in [0.5, 0.6) is 0 Å². The molecular weight excluding hydrogens is 232 g/mol. The van der Waals surface area contributed by atoms with Crippen molar-refractivity contribution in [2.24, 2.45) is 5.73 Å². The third kappa shape index (κ3) is 3.35. The van der Waals surface area contributed by atoms with Gasteiger partial charge in [-0.2, -0.15) is 0 Å². The number of nitrogens with zero attached hydrogens (tertiary/aromatic N) is 1. The molecular formula is C13H16N2OS. The van der Waals surface area contributed by atoms with Crippen LogP contribution in [-0.2, 0) is 5.75 Å². The fourth-order valence-electron chi connectivity index (χ4n) is 1.62. The molecule has 0 bridgehead atoms. The summed E-state index contributed by atoms with van der Waals surface area (Å²) in [4.78, 5) is 4.37. The molecule has 2 aromatic rings. The maximum absolute atomic E-state index is 6.02. The van der Waals surface area contributed by atoms with Crippen molar-refractivity contribution in [1.82, 2.24) is 4.98 Å². The minimum atomic E-state index is 0.0601. The van der Waals surface area contributed by atoms with Gasteiger partial charge >= 0.3 is 0 Å². The second-order valence-corrected chi connectivity index (χ2v) is 5.05. The number of aromatic nitrogens is 1. The molecule has 0 saturated carbocycles. The minimum absolute atomic E-state index is 0.0601. The molecule has 0 aliphatic carbocycles. The van der Waals surface area contributed by atoms with E-state index in [0.29, 0.717) is 0 Å². The minimum Gasteiger partial charge on any atom is -0.468 e. The Morgan fingerprint density at radius 3 is 2.82 bits per heavy atom. The molecule has 2 aromatic heterocycles. The van der Waals surface area contributed by atoms with Gasteiger partial charge in [-0.3, -0.25) is 4.98 Å². The molecule has 17 heavy (non-hydrogen) atoms. The van der Waals surface area contributed by atoms with Gasteiger partial charge in [0.25, 0.3) is 0 Å². The molecule has 3 nitrogen and oxygen atoms in total. The Balaban J connectivity index is 2.03. The summed E-state index contributed by atoms with van der Waals surface area (Å²) in [5.74, 6) is 1.78. The van der Waals surface area contributed by atoms with Crippen LogP contribution in [0.25, 0.3) is 0 Å². The monoisotopic (exact) mass is 248 g/mol. The predicted octanol–water partition coefficient (Wildman–Crippen LogP) is 3.00. The quantitative estimate of drug-likeness (QED) is 0.883. The van der Waals surface area contributed by atoms with Crippen molar-refractivity contribution in [2.75, 3.05) is 0 Å². The van der Waals surface area contributed by atoms with Gasteiger partial charge in [0.1, 0.15) is 5.76 Å². The molecule has 0 radical (unpaired) electrons. The molecule has 0 aromatic carbocycles. The van der Waals surface area contributed by atoms with Crippen LogP contribution in [0.3, 0.4) is 0 Å². The maximum atomic E-state index is 6.02. The first-order chi connectivity index (χ1) is 8.27. The fourth-order valence-corrected chi connectivity index (χ4v) is 2.74. The number of thioether (sulfide) groups is 1. The van der Waals surface area contributed by atoms with Crippen molar-refractivity contribution < 1.29 is 4.42 Å². The van der Waals surface area contributed by atoms with Crippen LogP contribution in [0.2, 0.25) is 0 Å². The highest BCUT2D eigenvalue weighted by atomic mass is 32.2. The van der Waals surface area contributed by atoms with Gasteiger partial charge in [-0.15, -0.1) is 11.8 Å². The van der Waals surface area contributed by atoms with Crippen molar-refractivity contribution in [2.45, 2.75) is 24.0 Å². The molecule has 0 spiro atoms. The van der Waals surface area contributed by atoms with Gasteiger partial charge in [-0.1, -0.05) is 6.07 Å². The van der Waals surface area contributed by atoms with Crippen LogP contribution < -0.4 is 5.73 Å². The zero-order valence-corrected chi connectivity index (χ0v) is 10.6. The summed E-state index contributed by atoms with van der Waals surface area (Å²) >= 11 is 1.76. The number of nitrogens with two attached hydrogens (primary N) is 1. The highest BCUT2D eigenvalue weighted by molar-refractivity contribution is 7.98. The Bertz CT molecular complexity index is 428. The van der Waals surface area contributed by atoms with Crippen LogP contribution >= 0.6 is 11.8 Å². The fraction of sp³-hybridized carbons (Fsp3) is 0.308. The average Bonchev–Trinajstić information content (AvgIpc) is 2.83. The zero-order valence-electron chi connectivity index (χ0n) is 9.74. The van der Waals surface area contributed by atoms with Crippen molar-refractivity contribution in [3.63, 3.8) is 0 Å². The highest BCUT2D eigenvalue weighted by Gasteiger charge is 2.18. The number of furan rings is 1. The molecule has 0 saturated heterocycles. The van der Waals surface area contributed by atoms with Gasteiger partial charge in [0.05, 0.1) is 23.0 Å². The summed E-state index contributed by atoms with van der Waals surface area (Å²) in [6.07, 6.45) is 3.50. The Hall–Kier alpha value is -1.26. The van der Waals surface area contributed by atoms with Crippen LogP contribution in [0, 0.1) is 0 Å².